The van der Waals surface area contributed by atoms with E-state index in [2.05, 4.69) is 17.9 Å². The van der Waals surface area contributed by atoms with Crippen LogP contribution in [0, 0.1) is 0 Å². The first-order chi connectivity index (χ1) is 8.59. The van der Waals surface area contributed by atoms with Gasteiger partial charge < -0.3 is 15.4 Å². The average Bonchev–Trinajstić information content (AvgIpc) is 2.38. The molecule has 1 aliphatic rings. The molecule has 1 heterocycles. The molecule has 1 atom stereocenters. The van der Waals surface area contributed by atoms with Crippen molar-refractivity contribution in [3.63, 3.8) is 0 Å². The Morgan fingerprint density at radius 3 is 2.94 bits per heavy atom. The normalized spacial score (nSPS) is 24.3. The molecule has 3 nitrogen and oxygen atoms in total. The van der Waals surface area contributed by atoms with Gasteiger partial charge in [-0.05, 0) is 31.9 Å². The van der Waals surface area contributed by atoms with Gasteiger partial charge in [-0.2, -0.15) is 0 Å². The van der Waals surface area contributed by atoms with Crippen LogP contribution in [-0.4, -0.2) is 25.8 Å². The van der Waals surface area contributed by atoms with E-state index in [0.29, 0.717) is 6.54 Å². The third-order valence-corrected chi connectivity index (χ3v) is 4.14. The lowest BCUT2D eigenvalue weighted by molar-refractivity contribution is -0.00468. The molecule has 1 aromatic carbocycles. The number of rotatable bonds is 3. The lowest BCUT2D eigenvalue weighted by Crippen LogP contribution is -2.47. The minimum absolute atomic E-state index is 0.0769. The summed E-state index contributed by atoms with van der Waals surface area (Å²) in [5.41, 5.74) is 7.91. The van der Waals surface area contributed by atoms with Crippen molar-refractivity contribution in [2.24, 2.45) is 5.73 Å². The van der Waals surface area contributed by atoms with Crippen LogP contribution in [0.15, 0.2) is 18.2 Å². The predicted octanol–water partition coefficient (Wildman–Crippen LogP) is 2.80. The van der Waals surface area contributed by atoms with Gasteiger partial charge in [-0.1, -0.05) is 17.7 Å². The van der Waals surface area contributed by atoms with Gasteiger partial charge in [0.1, 0.15) is 0 Å². The van der Waals surface area contributed by atoms with Gasteiger partial charge in [0.2, 0.25) is 0 Å². The summed E-state index contributed by atoms with van der Waals surface area (Å²) in [6, 6.07) is 5.97. The number of halogens is 1. The number of nitrogens with zero attached hydrogens (tertiary/aromatic N) is 1. The topological polar surface area (TPSA) is 38.5 Å². The Bertz CT molecular complexity index is 424. The molecule has 1 saturated heterocycles. The molecule has 100 valence electrons. The van der Waals surface area contributed by atoms with E-state index in [1.165, 1.54) is 0 Å². The SMILES string of the molecule is COC1(C)CCCN(c2cccc(Cl)c2CN)C1. The highest BCUT2D eigenvalue weighted by Gasteiger charge is 2.31. The third-order valence-electron chi connectivity index (χ3n) is 3.79. The molecule has 1 aromatic rings. The van der Waals surface area contributed by atoms with Gasteiger partial charge in [0, 0.05) is 43.0 Å². The molecule has 1 aliphatic heterocycles. The van der Waals surface area contributed by atoms with Crippen molar-refractivity contribution < 1.29 is 4.74 Å². The predicted molar refractivity (Wildman–Crippen MR) is 76.2 cm³/mol. The largest absolute Gasteiger partial charge is 0.377 e. The van der Waals surface area contributed by atoms with Gasteiger partial charge >= 0.3 is 0 Å². The lowest BCUT2D eigenvalue weighted by Gasteiger charge is -2.41. The number of ether oxygens (including phenoxy) is 1. The molecular weight excluding hydrogens is 248 g/mol. The molecule has 0 radical (unpaired) electrons. The van der Waals surface area contributed by atoms with Gasteiger partial charge in [0.25, 0.3) is 0 Å². The molecule has 0 spiro atoms. The Morgan fingerprint density at radius 1 is 1.50 bits per heavy atom. The molecule has 2 N–H and O–H groups in total. The highest BCUT2D eigenvalue weighted by molar-refractivity contribution is 6.31. The van der Waals surface area contributed by atoms with E-state index in [9.17, 15) is 0 Å². The summed E-state index contributed by atoms with van der Waals surface area (Å²) in [6.45, 7) is 4.55. The number of hydrogen-bond donors (Lipinski definition) is 1. The summed E-state index contributed by atoms with van der Waals surface area (Å²) in [5.74, 6) is 0. The van der Waals surface area contributed by atoms with Crippen LogP contribution in [0.3, 0.4) is 0 Å². The monoisotopic (exact) mass is 268 g/mol. The van der Waals surface area contributed by atoms with E-state index >= 15 is 0 Å². The summed E-state index contributed by atoms with van der Waals surface area (Å²) in [5, 5.41) is 0.750. The van der Waals surface area contributed by atoms with Gasteiger partial charge in [-0.25, -0.2) is 0 Å². The van der Waals surface area contributed by atoms with E-state index < -0.39 is 0 Å². The Labute approximate surface area is 114 Å². The molecule has 1 fully saturated rings. The van der Waals surface area contributed by atoms with Crippen LogP contribution in [-0.2, 0) is 11.3 Å². The lowest BCUT2D eigenvalue weighted by atomic mass is 9.94. The second kappa shape index (κ2) is 5.47. The molecule has 0 bridgehead atoms. The van der Waals surface area contributed by atoms with Gasteiger partial charge in [0.05, 0.1) is 5.60 Å². The number of benzene rings is 1. The van der Waals surface area contributed by atoms with Crippen LogP contribution in [0.25, 0.3) is 0 Å². The summed E-state index contributed by atoms with van der Waals surface area (Å²) in [6.07, 6.45) is 2.22. The van der Waals surface area contributed by atoms with Gasteiger partial charge in [-0.15, -0.1) is 0 Å². The Hall–Kier alpha value is -0.770. The maximum Gasteiger partial charge on any atom is 0.0825 e. The molecular formula is C14H21ClN2O. The standard InChI is InChI=1S/C14H21ClN2O/c1-14(18-2)7-4-8-17(10-14)13-6-3-5-12(15)11(13)9-16/h3,5-6H,4,7-10,16H2,1-2H3. The molecule has 4 heteroatoms. The summed E-state index contributed by atoms with van der Waals surface area (Å²) in [4.78, 5) is 2.33. The fourth-order valence-electron chi connectivity index (χ4n) is 2.62. The van der Waals surface area contributed by atoms with Crippen LogP contribution < -0.4 is 10.6 Å². The van der Waals surface area contributed by atoms with Crippen molar-refractivity contribution in [1.29, 1.82) is 0 Å². The Morgan fingerprint density at radius 2 is 2.28 bits per heavy atom. The maximum absolute atomic E-state index is 6.22. The smallest absolute Gasteiger partial charge is 0.0825 e. The van der Waals surface area contributed by atoms with Crippen LogP contribution in [0.1, 0.15) is 25.3 Å². The zero-order valence-corrected chi connectivity index (χ0v) is 11.8. The summed E-state index contributed by atoms with van der Waals surface area (Å²) < 4.78 is 5.63. The van der Waals surface area contributed by atoms with Crippen LogP contribution in [0.5, 0.6) is 0 Å². The molecule has 18 heavy (non-hydrogen) atoms. The highest BCUT2D eigenvalue weighted by Crippen LogP contribution is 2.32. The van der Waals surface area contributed by atoms with Crippen LogP contribution in [0.4, 0.5) is 5.69 Å². The quantitative estimate of drug-likeness (QED) is 0.916. The first-order valence-corrected chi connectivity index (χ1v) is 6.75. The molecule has 0 aromatic heterocycles. The maximum atomic E-state index is 6.22. The third kappa shape index (κ3) is 2.63. The molecule has 1 unspecified atom stereocenters. The fourth-order valence-corrected chi connectivity index (χ4v) is 2.87. The second-order valence-electron chi connectivity index (χ2n) is 5.12. The second-order valence-corrected chi connectivity index (χ2v) is 5.53. The van der Waals surface area contributed by atoms with Crippen LogP contribution in [0.2, 0.25) is 5.02 Å². The number of methoxy groups -OCH3 is 1. The number of nitrogens with two attached hydrogens (primary N) is 1. The van der Waals surface area contributed by atoms with Crippen molar-refractivity contribution >= 4 is 17.3 Å². The van der Waals surface area contributed by atoms with Crippen molar-refractivity contribution in [2.45, 2.75) is 31.9 Å². The highest BCUT2D eigenvalue weighted by atomic mass is 35.5. The number of hydrogen-bond acceptors (Lipinski definition) is 3. The van der Waals surface area contributed by atoms with Crippen LogP contribution >= 0.6 is 11.6 Å². The van der Waals surface area contributed by atoms with Crippen molar-refractivity contribution in [1.82, 2.24) is 0 Å². The summed E-state index contributed by atoms with van der Waals surface area (Å²) >= 11 is 6.22. The van der Waals surface area contributed by atoms with Crippen molar-refractivity contribution in [3.8, 4) is 0 Å². The van der Waals surface area contributed by atoms with E-state index in [4.69, 9.17) is 22.1 Å². The van der Waals surface area contributed by atoms with Crippen molar-refractivity contribution in [2.75, 3.05) is 25.1 Å². The summed E-state index contributed by atoms with van der Waals surface area (Å²) in [7, 11) is 1.78. The number of piperidine rings is 1. The first-order valence-electron chi connectivity index (χ1n) is 6.37. The van der Waals surface area contributed by atoms with E-state index in [1.807, 2.05) is 12.1 Å². The number of anilines is 1. The van der Waals surface area contributed by atoms with Gasteiger partial charge in [0.15, 0.2) is 0 Å². The molecule has 0 saturated carbocycles. The molecule has 0 aliphatic carbocycles. The Balaban J connectivity index is 2.29. The van der Waals surface area contributed by atoms with Gasteiger partial charge in [-0.3, -0.25) is 0 Å². The van der Waals surface area contributed by atoms with E-state index in [1.54, 1.807) is 7.11 Å². The zero-order chi connectivity index (χ0) is 13.2. The minimum Gasteiger partial charge on any atom is -0.377 e. The molecule has 0 amide bonds. The molecule has 2 rings (SSSR count). The fraction of sp³-hybridized carbons (Fsp3) is 0.571. The Kier molecular flexibility index (Phi) is 4.15. The average molecular weight is 269 g/mol. The minimum atomic E-state index is -0.0769. The van der Waals surface area contributed by atoms with E-state index in [0.717, 1.165) is 42.2 Å². The van der Waals surface area contributed by atoms with E-state index in [-0.39, 0.29) is 5.60 Å². The van der Waals surface area contributed by atoms with Crippen molar-refractivity contribution in [3.05, 3.63) is 28.8 Å². The first kappa shape index (κ1) is 13.7. The zero-order valence-electron chi connectivity index (χ0n) is 11.1.